The lowest BCUT2D eigenvalue weighted by Crippen LogP contribution is -1.96. The second-order valence-corrected chi connectivity index (χ2v) is 3.79. The van der Waals surface area contributed by atoms with E-state index in [0.29, 0.717) is 12.5 Å². The van der Waals surface area contributed by atoms with E-state index in [0.717, 1.165) is 11.1 Å². The number of ether oxygens (including phenoxy) is 1. The molecule has 18 heavy (non-hydrogen) atoms. The molecule has 0 radical (unpaired) electrons. The molecule has 1 N–H and O–H groups in total. The number of rotatable bonds is 5. The van der Waals surface area contributed by atoms with Crippen molar-refractivity contribution in [2.45, 2.75) is 6.61 Å². The molecule has 0 saturated carbocycles. The molecule has 0 unspecified atom stereocenters. The lowest BCUT2D eigenvalue weighted by atomic mass is 10.2. The highest BCUT2D eigenvalue weighted by atomic mass is 16.5. The van der Waals surface area contributed by atoms with Gasteiger partial charge in [-0.3, -0.25) is 0 Å². The molecule has 0 aliphatic rings. The van der Waals surface area contributed by atoms with E-state index in [1.807, 2.05) is 42.5 Å². The molecule has 0 amide bonds. The van der Waals surface area contributed by atoms with E-state index >= 15 is 0 Å². The molecule has 0 aliphatic heterocycles. The molecular weight excluding hydrogens is 226 g/mol. The zero-order chi connectivity index (χ0) is 12.6. The molecule has 1 aromatic heterocycles. The lowest BCUT2D eigenvalue weighted by Gasteiger charge is -2.02. The summed E-state index contributed by atoms with van der Waals surface area (Å²) >= 11 is 0. The summed E-state index contributed by atoms with van der Waals surface area (Å²) in [4.78, 5) is 4.08. The molecule has 0 saturated heterocycles. The number of aliphatic hydroxyl groups is 1. The molecule has 2 aromatic rings. The molecule has 0 bridgehead atoms. The summed E-state index contributed by atoms with van der Waals surface area (Å²) in [6.07, 6.45) is 5.55. The zero-order valence-corrected chi connectivity index (χ0v) is 9.99. The van der Waals surface area contributed by atoms with Crippen molar-refractivity contribution in [3.8, 4) is 5.88 Å². The van der Waals surface area contributed by atoms with Crippen molar-refractivity contribution < 1.29 is 9.84 Å². The summed E-state index contributed by atoms with van der Waals surface area (Å²) in [5.41, 5.74) is 1.92. The fourth-order valence-electron chi connectivity index (χ4n) is 1.47. The predicted octanol–water partition coefficient (Wildman–Crippen LogP) is 2.67. The zero-order valence-electron chi connectivity index (χ0n) is 9.99. The van der Waals surface area contributed by atoms with Crippen molar-refractivity contribution in [3.63, 3.8) is 0 Å². The molecule has 0 spiro atoms. The van der Waals surface area contributed by atoms with Gasteiger partial charge in [0.1, 0.15) is 6.61 Å². The fraction of sp³-hybridized carbons (Fsp3) is 0.133. The van der Waals surface area contributed by atoms with Crippen molar-refractivity contribution in [3.05, 3.63) is 65.9 Å². The topological polar surface area (TPSA) is 42.4 Å². The highest BCUT2D eigenvalue weighted by Crippen LogP contribution is 2.08. The van der Waals surface area contributed by atoms with Crippen molar-refractivity contribution >= 4 is 6.08 Å². The third kappa shape index (κ3) is 3.71. The molecule has 92 valence electrons. The molecule has 1 aromatic carbocycles. The predicted molar refractivity (Wildman–Crippen MR) is 71.1 cm³/mol. The van der Waals surface area contributed by atoms with Gasteiger partial charge < -0.3 is 9.84 Å². The Labute approximate surface area is 106 Å². The fourth-order valence-corrected chi connectivity index (χ4v) is 1.47. The summed E-state index contributed by atoms with van der Waals surface area (Å²) in [5, 5.41) is 8.88. The molecule has 0 aliphatic carbocycles. The number of hydrogen-bond donors (Lipinski definition) is 1. The first-order valence-electron chi connectivity index (χ1n) is 5.78. The van der Waals surface area contributed by atoms with Crippen LogP contribution in [0.25, 0.3) is 6.08 Å². The van der Waals surface area contributed by atoms with Crippen LogP contribution >= 0.6 is 0 Å². The number of pyridine rings is 1. The van der Waals surface area contributed by atoms with Gasteiger partial charge in [0.2, 0.25) is 5.88 Å². The SMILES string of the molecule is OCc1ccc(OC/C=C/c2ccccc2)nc1. The van der Waals surface area contributed by atoms with Gasteiger partial charge in [-0.05, 0) is 23.3 Å². The van der Waals surface area contributed by atoms with Crippen LogP contribution in [0.2, 0.25) is 0 Å². The molecule has 0 atom stereocenters. The number of benzene rings is 1. The van der Waals surface area contributed by atoms with Gasteiger partial charge in [-0.25, -0.2) is 4.98 Å². The summed E-state index contributed by atoms with van der Waals surface area (Å²) in [6, 6.07) is 13.6. The maximum atomic E-state index is 8.88. The quantitative estimate of drug-likeness (QED) is 0.875. The monoisotopic (exact) mass is 241 g/mol. The van der Waals surface area contributed by atoms with Crippen LogP contribution in [0, 0.1) is 0 Å². The van der Waals surface area contributed by atoms with E-state index in [1.54, 1.807) is 18.3 Å². The maximum absolute atomic E-state index is 8.88. The first-order valence-corrected chi connectivity index (χ1v) is 5.78. The highest BCUT2D eigenvalue weighted by molar-refractivity contribution is 5.48. The summed E-state index contributed by atoms with van der Waals surface area (Å²) in [6.45, 7) is 0.474. The van der Waals surface area contributed by atoms with Crippen LogP contribution in [0.3, 0.4) is 0 Å². The van der Waals surface area contributed by atoms with E-state index in [9.17, 15) is 0 Å². The molecule has 3 nitrogen and oxygen atoms in total. The van der Waals surface area contributed by atoms with Crippen LogP contribution in [-0.2, 0) is 6.61 Å². The molecule has 1 heterocycles. The lowest BCUT2D eigenvalue weighted by molar-refractivity contribution is 0.280. The Bertz CT molecular complexity index is 492. The van der Waals surface area contributed by atoms with Crippen LogP contribution in [0.5, 0.6) is 5.88 Å². The van der Waals surface area contributed by atoms with Crippen molar-refractivity contribution in [2.75, 3.05) is 6.61 Å². The van der Waals surface area contributed by atoms with Crippen LogP contribution < -0.4 is 4.74 Å². The minimum Gasteiger partial charge on any atom is -0.473 e. The Morgan fingerprint density at radius 1 is 1.11 bits per heavy atom. The number of nitrogens with zero attached hydrogens (tertiary/aromatic N) is 1. The molecule has 0 fully saturated rings. The van der Waals surface area contributed by atoms with Crippen molar-refractivity contribution in [1.29, 1.82) is 0 Å². The van der Waals surface area contributed by atoms with Gasteiger partial charge in [0.15, 0.2) is 0 Å². The van der Waals surface area contributed by atoms with Crippen LogP contribution in [0.15, 0.2) is 54.7 Å². The smallest absolute Gasteiger partial charge is 0.213 e. The summed E-state index contributed by atoms with van der Waals surface area (Å²) in [5.74, 6) is 0.560. The molecule has 2 rings (SSSR count). The van der Waals surface area contributed by atoms with Crippen LogP contribution in [0.1, 0.15) is 11.1 Å². The Morgan fingerprint density at radius 3 is 2.61 bits per heavy atom. The number of aromatic nitrogens is 1. The second kappa shape index (κ2) is 6.57. The van der Waals surface area contributed by atoms with E-state index in [2.05, 4.69) is 4.98 Å². The Balaban J connectivity index is 1.83. The first kappa shape index (κ1) is 12.3. The van der Waals surface area contributed by atoms with Gasteiger partial charge in [-0.2, -0.15) is 0 Å². The number of aliphatic hydroxyl groups excluding tert-OH is 1. The largest absolute Gasteiger partial charge is 0.473 e. The van der Waals surface area contributed by atoms with Gasteiger partial charge in [0, 0.05) is 12.3 Å². The van der Waals surface area contributed by atoms with E-state index < -0.39 is 0 Å². The van der Waals surface area contributed by atoms with Crippen LogP contribution in [-0.4, -0.2) is 16.7 Å². The molecule has 3 heteroatoms. The highest BCUT2D eigenvalue weighted by Gasteiger charge is 1.94. The maximum Gasteiger partial charge on any atom is 0.213 e. The van der Waals surface area contributed by atoms with Gasteiger partial charge in [-0.15, -0.1) is 0 Å². The van der Waals surface area contributed by atoms with Crippen molar-refractivity contribution in [1.82, 2.24) is 4.98 Å². The van der Waals surface area contributed by atoms with Crippen molar-refractivity contribution in [2.24, 2.45) is 0 Å². The number of hydrogen-bond acceptors (Lipinski definition) is 3. The van der Waals surface area contributed by atoms with Crippen LogP contribution in [0.4, 0.5) is 0 Å². The first-order chi connectivity index (χ1) is 8.88. The third-order valence-corrected chi connectivity index (χ3v) is 2.42. The van der Waals surface area contributed by atoms with E-state index in [4.69, 9.17) is 9.84 Å². The standard InChI is InChI=1S/C15H15NO2/c17-12-14-8-9-15(16-11-14)18-10-4-7-13-5-2-1-3-6-13/h1-9,11,17H,10,12H2/b7-4+. The van der Waals surface area contributed by atoms with E-state index in [1.165, 1.54) is 0 Å². The Kier molecular flexibility index (Phi) is 4.50. The Morgan fingerprint density at radius 2 is 1.94 bits per heavy atom. The van der Waals surface area contributed by atoms with Gasteiger partial charge in [-0.1, -0.05) is 36.4 Å². The minimum atomic E-state index is 0.00118. The van der Waals surface area contributed by atoms with Gasteiger partial charge in [0.25, 0.3) is 0 Å². The normalized spacial score (nSPS) is 10.7. The third-order valence-electron chi connectivity index (χ3n) is 2.42. The minimum absolute atomic E-state index is 0.00118. The summed E-state index contributed by atoms with van der Waals surface area (Å²) < 4.78 is 5.45. The summed E-state index contributed by atoms with van der Waals surface area (Å²) in [7, 11) is 0. The van der Waals surface area contributed by atoms with Gasteiger partial charge in [0.05, 0.1) is 6.61 Å². The van der Waals surface area contributed by atoms with Gasteiger partial charge >= 0.3 is 0 Å². The Hall–Kier alpha value is -2.13. The average molecular weight is 241 g/mol. The molecular formula is C15H15NO2. The average Bonchev–Trinajstić information content (AvgIpc) is 2.45. The second-order valence-electron chi connectivity index (χ2n) is 3.79. The van der Waals surface area contributed by atoms with E-state index in [-0.39, 0.29) is 6.61 Å².